The van der Waals surface area contributed by atoms with Crippen LogP contribution in [0.15, 0.2) is 45.5 Å². The topological polar surface area (TPSA) is 90.0 Å². The molecule has 0 radical (unpaired) electrons. The van der Waals surface area contributed by atoms with Crippen LogP contribution in [0.2, 0.25) is 0 Å². The number of ether oxygens (including phenoxy) is 2. The second kappa shape index (κ2) is 7.05. The number of carbonyl (C=O) groups excluding carboxylic acids is 1. The second-order valence-corrected chi connectivity index (χ2v) is 6.82. The molecule has 0 spiro atoms. The predicted molar refractivity (Wildman–Crippen MR) is 97.6 cm³/mol. The molecule has 0 saturated carbocycles. The molecule has 1 amide bonds. The number of nitrogens with zero attached hydrogens (tertiary/aromatic N) is 2. The lowest BCUT2D eigenvalue weighted by Crippen LogP contribution is -2.39. The van der Waals surface area contributed by atoms with Crippen LogP contribution >= 0.6 is 0 Å². The molecule has 2 aromatic heterocycles. The van der Waals surface area contributed by atoms with Crippen molar-refractivity contribution >= 4 is 5.91 Å². The van der Waals surface area contributed by atoms with E-state index in [1.165, 1.54) is 0 Å². The molecule has 5 rings (SSSR count). The van der Waals surface area contributed by atoms with Crippen molar-refractivity contribution in [3.63, 3.8) is 0 Å². The summed E-state index contributed by atoms with van der Waals surface area (Å²) in [7, 11) is 0. The summed E-state index contributed by atoms with van der Waals surface area (Å²) in [6.45, 7) is 2.29. The highest BCUT2D eigenvalue weighted by molar-refractivity contribution is 5.78. The third kappa shape index (κ3) is 3.22. The Kier molecular flexibility index (Phi) is 4.25. The van der Waals surface area contributed by atoms with Crippen LogP contribution in [0.4, 0.5) is 0 Å². The van der Waals surface area contributed by atoms with Gasteiger partial charge in [0, 0.05) is 30.6 Å². The zero-order chi connectivity index (χ0) is 18.9. The van der Waals surface area contributed by atoms with E-state index in [-0.39, 0.29) is 12.7 Å². The number of rotatable bonds is 5. The zero-order valence-corrected chi connectivity index (χ0v) is 15.1. The van der Waals surface area contributed by atoms with E-state index < -0.39 is 0 Å². The van der Waals surface area contributed by atoms with Gasteiger partial charge in [0.15, 0.2) is 11.5 Å². The van der Waals surface area contributed by atoms with E-state index in [0.717, 1.165) is 47.1 Å². The van der Waals surface area contributed by atoms with Gasteiger partial charge in [-0.05, 0) is 30.3 Å². The van der Waals surface area contributed by atoms with Gasteiger partial charge in [-0.25, -0.2) is 0 Å². The Morgan fingerprint density at radius 2 is 2.14 bits per heavy atom. The summed E-state index contributed by atoms with van der Waals surface area (Å²) in [5, 5.41) is 7.15. The Morgan fingerprint density at radius 1 is 1.21 bits per heavy atom. The van der Waals surface area contributed by atoms with Crippen molar-refractivity contribution in [1.82, 2.24) is 15.4 Å². The van der Waals surface area contributed by atoms with Crippen molar-refractivity contribution in [3.05, 3.63) is 53.7 Å². The molecule has 0 saturated heterocycles. The summed E-state index contributed by atoms with van der Waals surface area (Å²) in [4.78, 5) is 14.4. The number of furan rings is 1. The fraction of sp³-hybridized carbons (Fsp3) is 0.300. The van der Waals surface area contributed by atoms with Crippen LogP contribution in [0.1, 0.15) is 17.1 Å². The van der Waals surface area contributed by atoms with E-state index in [1.807, 2.05) is 24.3 Å². The van der Waals surface area contributed by atoms with E-state index in [4.69, 9.17) is 18.4 Å². The summed E-state index contributed by atoms with van der Waals surface area (Å²) in [6, 6.07) is 9.37. The average Bonchev–Trinajstić information content (AvgIpc) is 3.45. The molecule has 0 fully saturated rings. The fourth-order valence-electron chi connectivity index (χ4n) is 3.53. The molecule has 0 aliphatic carbocycles. The van der Waals surface area contributed by atoms with Crippen molar-refractivity contribution in [2.45, 2.75) is 19.5 Å². The van der Waals surface area contributed by atoms with E-state index in [9.17, 15) is 4.79 Å². The van der Waals surface area contributed by atoms with E-state index >= 15 is 0 Å². The molecular formula is C20H19N3O5. The summed E-state index contributed by atoms with van der Waals surface area (Å²) in [5.74, 6) is 3.01. The minimum absolute atomic E-state index is 0.0408. The molecule has 2 aliphatic heterocycles. The first kappa shape index (κ1) is 16.9. The number of hydrogen-bond acceptors (Lipinski definition) is 7. The first-order valence-electron chi connectivity index (χ1n) is 9.15. The molecule has 0 unspecified atom stereocenters. The lowest BCUT2D eigenvalue weighted by atomic mass is 10.0. The zero-order valence-electron chi connectivity index (χ0n) is 15.1. The van der Waals surface area contributed by atoms with Gasteiger partial charge in [-0.3, -0.25) is 9.69 Å². The molecule has 28 heavy (non-hydrogen) atoms. The van der Waals surface area contributed by atoms with Gasteiger partial charge in [-0.1, -0.05) is 5.16 Å². The van der Waals surface area contributed by atoms with Gasteiger partial charge in [0.05, 0.1) is 19.4 Å². The third-order valence-corrected chi connectivity index (χ3v) is 4.96. The monoisotopic (exact) mass is 381 g/mol. The van der Waals surface area contributed by atoms with Gasteiger partial charge in [-0.2, -0.15) is 0 Å². The van der Waals surface area contributed by atoms with Gasteiger partial charge in [0.25, 0.3) is 0 Å². The van der Waals surface area contributed by atoms with Gasteiger partial charge in [0.1, 0.15) is 17.2 Å². The van der Waals surface area contributed by atoms with E-state index in [0.29, 0.717) is 25.4 Å². The number of fused-ring (bicyclic) bond motifs is 2. The van der Waals surface area contributed by atoms with Gasteiger partial charge >= 0.3 is 0 Å². The smallest absolute Gasteiger partial charge is 0.234 e. The maximum Gasteiger partial charge on any atom is 0.234 e. The minimum atomic E-state index is -0.0408. The normalized spacial score (nSPS) is 15.4. The first-order chi connectivity index (χ1) is 13.8. The molecule has 2 aliphatic rings. The first-order valence-corrected chi connectivity index (χ1v) is 9.15. The van der Waals surface area contributed by atoms with Crippen LogP contribution < -0.4 is 14.8 Å². The molecular weight excluding hydrogens is 362 g/mol. The lowest BCUT2D eigenvalue weighted by Gasteiger charge is -2.25. The second-order valence-electron chi connectivity index (χ2n) is 6.82. The third-order valence-electron chi connectivity index (χ3n) is 4.96. The van der Waals surface area contributed by atoms with Crippen LogP contribution in [0.25, 0.3) is 11.3 Å². The molecule has 0 bridgehead atoms. The van der Waals surface area contributed by atoms with E-state index in [1.54, 1.807) is 12.3 Å². The molecule has 1 N–H and O–H groups in total. The molecule has 3 aromatic rings. The van der Waals surface area contributed by atoms with Crippen LogP contribution in [0.3, 0.4) is 0 Å². The van der Waals surface area contributed by atoms with Gasteiger partial charge < -0.3 is 23.7 Å². The Labute approximate surface area is 161 Å². The van der Waals surface area contributed by atoms with Crippen molar-refractivity contribution in [1.29, 1.82) is 0 Å². The van der Waals surface area contributed by atoms with Crippen molar-refractivity contribution in [2.75, 3.05) is 19.9 Å². The summed E-state index contributed by atoms with van der Waals surface area (Å²) >= 11 is 0. The quantitative estimate of drug-likeness (QED) is 0.725. The highest BCUT2D eigenvalue weighted by Crippen LogP contribution is 2.37. The SMILES string of the molecule is O=C(CN1CCc2onc(-c3ccc4c(c3)OCO4)c2C1)NCc1ccco1. The Morgan fingerprint density at radius 3 is 3.04 bits per heavy atom. The van der Waals surface area contributed by atoms with E-state index in [2.05, 4.69) is 15.4 Å². The minimum Gasteiger partial charge on any atom is -0.467 e. The molecule has 4 heterocycles. The number of amides is 1. The number of benzene rings is 1. The summed E-state index contributed by atoms with van der Waals surface area (Å²) < 4.78 is 21.6. The number of carbonyl (C=O) groups is 1. The van der Waals surface area contributed by atoms with Crippen LogP contribution in [-0.4, -0.2) is 35.8 Å². The van der Waals surface area contributed by atoms with Gasteiger partial charge in [0.2, 0.25) is 12.7 Å². The number of aromatic nitrogens is 1. The summed E-state index contributed by atoms with van der Waals surface area (Å²) in [6.07, 6.45) is 2.32. The number of hydrogen-bond donors (Lipinski definition) is 1. The largest absolute Gasteiger partial charge is 0.467 e. The standard InChI is InChI=1S/C20H19N3O5/c24-19(21-9-14-2-1-7-25-14)11-23-6-5-16-15(10-23)20(22-28-16)13-3-4-17-18(8-13)27-12-26-17/h1-4,7-8H,5-6,9-12H2,(H,21,24). The lowest BCUT2D eigenvalue weighted by molar-refractivity contribution is -0.122. The molecule has 8 heteroatoms. The van der Waals surface area contributed by atoms with Crippen molar-refractivity contribution < 1.29 is 23.2 Å². The van der Waals surface area contributed by atoms with Crippen molar-refractivity contribution in [2.24, 2.45) is 0 Å². The Hall–Kier alpha value is -3.26. The maximum absolute atomic E-state index is 12.3. The van der Waals surface area contributed by atoms with Gasteiger partial charge in [-0.15, -0.1) is 0 Å². The fourth-order valence-corrected chi connectivity index (χ4v) is 3.53. The van der Waals surface area contributed by atoms with Crippen molar-refractivity contribution in [3.8, 4) is 22.8 Å². The Bertz CT molecular complexity index is 995. The predicted octanol–water partition coefficient (Wildman–Crippen LogP) is 2.34. The number of nitrogens with one attached hydrogen (secondary N) is 1. The van der Waals surface area contributed by atoms with Crippen LogP contribution in [0, 0.1) is 0 Å². The average molecular weight is 381 g/mol. The molecule has 1 aromatic carbocycles. The molecule has 144 valence electrons. The Balaban J connectivity index is 1.28. The van der Waals surface area contributed by atoms with Crippen LogP contribution in [0.5, 0.6) is 11.5 Å². The summed E-state index contributed by atoms with van der Waals surface area (Å²) in [5.41, 5.74) is 2.72. The maximum atomic E-state index is 12.3. The highest BCUT2D eigenvalue weighted by Gasteiger charge is 2.27. The molecule has 8 nitrogen and oxygen atoms in total. The van der Waals surface area contributed by atoms with Crippen LogP contribution in [-0.2, 0) is 24.3 Å². The highest BCUT2D eigenvalue weighted by atomic mass is 16.7. The molecule has 0 atom stereocenters.